The van der Waals surface area contributed by atoms with Crippen LogP contribution in [0, 0.1) is 13.8 Å². The van der Waals surface area contributed by atoms with Gasteiger partial charge in [-0.3, -0.25) is 9.59 Å². The van der Waals surface area contributed by atoms with Gasteiger partial charge < -0.3 is 19.1 Å². The average Bonchev–Trinajstić information content (AvgIpc) is 2.73. The molecular formula is C24H27NO5. The first kappa shape index (κ1) is 20.3. The van der Waals surface area contributed by atoms with Crippen LogP contribution in [-0.4, -0.2) is 49.0 Å². The third kappa shape index (κ3) is 3.99. The fourth-order valence-electron chi connectivity index (χ4n) is 4.24. The van der Waals surface area contributed by atoms with Crippen molar-refractivity contribution < 1.29 is 23.8 Å². The van der Waals surface area contributed by atoms with E-state index in [0.29, 0.717) is 49.4 Å². The molecule has 1 saturated heterocycles. The summed E-state index contributed by atoms with van der Waals surface area (Å²) in [5.74, 6) is 2.00. The summed E-state index contributed by atoms with van der Waals surface area (Å²) < 4.78 is 17.3. The number of carbonyl (C=O) groups is 2. The quantitative estimate of drug-likeness (QED) is 0.770. The predicted molar refractivity (Wildman–Crippen MR) is 113 cm³/mol. The van der Waals surface area contributed by atoms with Gasteiger partial charge in [-0.15, -0.1) is 0 Å². The second-order valence-corrected chi connectivity index (χ2v) is 8.19. The van der Waals surface area contributed by atoms with Crippen LogP contribution in [0.2, 0.25) is 0 Å². The summed E-state index contributed by atoms with van der Waals surface area (Å²) in [6.07, 6.45) is 1.57. The number of carbonyl (C=O) groups excluding carboxylic acids is 2. The molecule has 30 heavy (non-hydrogen) atoms. The predicted octanol–water partition coefficient (Wildman–Crippen LogP) is 3.72. The number of hydrogen-bond donors (Lipinski definition) is 0. The molecule has 0 saturated carbocycles. The van der Waals surface area contributed by atoms with Crippen LogP contribution in [0.3, 0.4) is 0 Å². The van der Waals surface area contributed by atoms with E-state index in [-0.39, 0.29) is 18.3 Å². The largest absolute Gasteiger partial charge is 0.497 e. The Balaban J connectivity index is 1.37. The highest BCUT2D eigenvalue weighted by molar-refractivity contribution is 6.00. The molecule has 2 aromatic carbocycles. The number of benzene rings is 2. The maximum atomic E-state index is 12.7. The second-order valence-electron chi connectivity index (χ2n) is 8.19. The summed E-state index contributed by atoms with van der Waals surface area (Å²) in [7, 11) is 1.59. The Hall–Kier alpha value is -3.02. The van der Waals surface area contributed by atoms with Crippen molar-refractivity contribution in [2.45, 2.75) is 38.7 Å². The van der Waals surface area contributed by atoms with Crippen LogP contribution in [0.4, 0.5) is 0 Å². The van der Waals surface area contributed by atoms with E-state index in [2.05, 4.69) is 0 Å². The highest BCUT2D eigenvalue weighted by Gasteiger charge is 2.43. The highest BCUT2D eigenvalue weighted by Crippen LogP contribution is 2.40. The number of aryl methyl sites for hydroxylation is 2. The molecular weight excluding hydrogens is 382 g/mol. The Labute approximate surface area is 176 Å². The van der Waals surface area contributed by atoms with Crippen LogP contribution in [0.25, 0.3) is 0 Å². The van der Waals surface area contributed by atoms with Crippen LogP contribution in [0.1, 0.15) is 40.7 Å². The molecule has 0 aromatic heterocycles. The molecule has 2 aliphatic heterocycles. The van der Waals surface area contributed by atoms with E-state index in [1.165, 1.54) is 0 Å². The lowest BCUT2D eigenvalue weighted by Crippen LogP contribution is -2.53. The van der Waals surface area contributed by atoms with Gasteiger partial charge in [0, 0.05) is 32.0 Å². The van der Waals surface area contributed by atoms with Gasteiger partial charge in [-0.05, 0) is 37.6 Å². The van der Waals surface area contributed by atoms with Gasteiger partial charge in [0.15, 0.2) is 12.4 Å². The summed E-state index contributed by atoms with van der Waals surface area (Å²) in [6.45, 7) is 5.10. The van der Waals surface area contributed by atoms with E-state index < -0.39 is 5.60 Å². The molecule has 6 nitrogen and oxygen atoms in total. The summed E-state index contributed by atoms with van der Waals surface area (Å²) >= 11 is 0. The van der Waals surface area contributed by atoms with E-state index in [1.807, 2.05) is 32.0 Å². The topological polar surface area (TPSA) is 65.1 Å². The number of ether oxygens (including phenoxy) is 3. The number of ketones is 1. The van der Waals surface area contributed by atoms with Gasteiger partial charge in [0.05, 0.1) is 19.1 Å². The molecule has 2 aromatic rings. The van der Waals surface area contributed by atoms with Crippen molar-refractivity contribution in [2.24, 2.45) is 0 Å². The minimum atomic E-state index is -0.554. The lowest BCUT2D eigenvalue weighted by Gasteiger charge is -2.43. The molecule has 0 unspecified atom stereocenters. The number of hydrogen-bond acceptors (Lipinski definition) is 5. The first-order valence-corrected chi connectivity index (χ1v) is 10.3. The second kappa shape index (κ2) is 8.01. The third-order valence-electron chi connectivity index (χ3n) is 6.01. The van der Waals surface area contributed by atoms with Crippen molar-refractivity contribution in [3.63, 3.8) is 0 Å². The van der Waals surface area contributed by atoms with E-state index in [1.54, 1.807) is 30.2 Å². The van der Waals surface area contributed by atoms with Gasteiger partial charge in [-0.2, -0.15) is 0 Å². The first-order chi connectivity index (χ1) is 14.4. The van der Waals surface area contributed by atoms with E-state index in [0.717, 1.165) is 16.9 Å². The fourth-order valence-corrected chi connectivity index (χ4v) is 4.24. The van der Waals surface area contributed by atoms with Crippen molar-refractivity contribution in [1.29, 1.82) is 0 Å². The third-order valence-corrected chi connectivity index (χ3v) is 6.01. The Bertz CT molecular complexity index is 976. The number of piperidine rings is 1. The smallest absolute Gasteiger partial charge is 0.260 e. The molecule has 1 spiro atoms. The van der Waals surface area contributed by atoms with Crippen LogP contribution in [-0.2, 0) is 4.79 Å². The zero-order valence-electron chi connectivity index (χ0n) is 17.7. The number of amides is 1. The fraction of sp³-hybridized carbons (Fsp3) is 0.417. The molecule has 2 aliphatic rings. The molecule has 0 atom stereocenters. The summed E-state index contributed by atoms with van der Waals surface area (Å²) in [4.78, 5) is 27.1. The number of Topliss-reactive ketones (excluding diaryl/α,β-unsaturated/α-hetero) is 1. The molecule has 0 radical (unpaired) electrons. The molecule has 0 bridgehead atoms. The lowest BCUT2D eigenvalue weighted by atomic mass is 9.82. The summed E-state index contributed by atoms with van der Waals surface area (Å²) in [6, 6.07) is 11.2. The number of likely N-dealkylation sites (tertiary alicyclic amines) is 1. The number of methoxy groups -OCH3 is 1. The van der Waals surface area contributed by atoms with Crippen LogP contribution in [0.15, 0.2) is 36.4 Å². The monoisotopic (exact) mass is 409 g/mol. The van der Waals surface area contributed by atoms with Crippen molar-refractivity contribution >= 4 is 11.7 Å². The molecule has 6 heteroatoms. The van der Waals surface area contributed by atoms with Gasteiger partial charge >= 0.3 is 0 Å². The summed E-state index contributed by atoms with van der Waals surface area (Å²) in [5.41, 5.74) is 2.22. The molecule has 2 heterocycles. The van der Waals surface area contributed by atoms with Gasteiger partial charge in [0.25, 0.3) is 5.91 Å². The molecule has 0 N–H and O–H groups in total. The zero-order valence-corrected chi connectivity index (χ0v) is 17.7. The van der Waals surface area contributed by atoms with Crippen molar-refractivity contribution in [1.82, 2.24) is 4.90 Å². The summed E-state index contributed by atoms with van der Waals surface area (Å²) in [5, 5.41) is 0. The van der Waals surface area contributed by atoms with Crippen molar-refractivity contribution in [3.8, 4) is 17.2 Å². The normalized spacial score (nSPS) is 17.3. The molecule has 4 rings (SSSR count). The SMILES string of the molecule is COc1ccc2c(c1)OC1(CCN(C(=O)COc3ccc(C)cc3C)CC1)CC2=O. The standard InChI is InChI=1S/C24H27NO5/c1-16-4-7-21(17(2)12-16)29-15-23(27)25-10-8-24(9-11-25)14-20(26)19-6-5-18(28-3)13-22(19)30-24/h4-7,12-13H,8-11,14-15H2,1-3H3. The van der Waals surface area contributed by atoms with Crippen LogP contribution in [0.5, 0.6) is 17.2 Å². The maximum Gasteiger partial charge on any atom is 0.260 e. The Morgan fingerprint density at radius 2 is 1.90 bits per heavy atom. The molecule has 1 amide bonds. The Morgan fingerprint density at radius 1 is 1.13 bits per heavy atom. The van der Waals surface area contributed by atoms with Crippen molar-refractivity contribution in [3.05, 3.63) is 53.1 Å². The maximum absolute atomic E-state index is 12.7. The number of nitrogens with zero attached hydrogens (tertiary/aromatic N) is 1. The van der Waals surface area contributed by atoms with Crippen molar-refractivity contribution in [2.75, 3.05) is 26.8 Å². The van der Waals surface area contributed by atoms with Gasteiger partial charge in [0.1, 0.15) is 22.8 Å². The van der Waals surface area contributed by atoms with Gasteiger partial charge in [-0.1, -0.05) is 17.7 Å². The molecule has 1 fully saturated rings. The molecule has 0 aliphatic carbocycles. The minimum absolute atomic E-state index is 0.0106. The average molecular weight is 409 g/mol. The van der Waals surface area contributed by atoms with Crippen LogP contribution >= 0.6 is 0 Å². The number of fused-ring (bicyclic) bond motifs is 1. The van der Waals surface area contributed by atoms with Gasteiger partial charge in [-0.25, -0.2) is 0 Å². The van der Waals surface area contributed by atoms with Gasteiger partial charge in [0.2, 0.25) is 0 Å². The lowest BCUT2D eigenvalue weighted by molar-refractivity contribution is -0.136. The molecule has 158 valence electrons. The minimum Gasteiger partial charge on any atom is -0.497 e. The van der Waals surface area contributed by atoms with E-state index in [4.69, 9.17) is 14.2 Å². The van der Waals surface area contributed by atoms with Crippen LogP contribution < -0.4 is 14.2 Å². The highest BCUT2D eigenvalue weighted by atomic mass is 16.5. The van der Waals surface area contributed by atoms with E-state index in [9.17, 15) is 9.59 Å². The van der Waals surface area contributed by atoms with E-state index >= 15 is 0 Å². The number of rotatable bonds is 4. The Morgan fingerprint density at radius 3 is 2.60 bits per heavy atom. The zero-order chi connectivity index (χ0) is 21.3. The first-order valence-electron chi connectivity index (χ1n) is 10.3. The Kier molecular flexibility index (Phi) is 5.41.